The molecule has 0 aliphatic rings. The highest BCUT2D eigenvalue weighted by molar-refractivity contribution is 6.30. The van der Waals surface area contributed by atoms with Crippen molar-refractivity contribution in [1.29, 1.82) is 0 Å². The fraction of sp³-hybridized carbons (Fsp3) is 0.158. The smallest absolute Gasteiger partial charge is 0.127 e. The number of ether oxygens (including phenoxy) is 1. The molecule has 3 aromatic carbocycles. The first-order valence-electron chi connectivity index (χ1n) is 7.35. The number of nitrogens with two attached hydrogens (primary N) is 1. The Morgan fingerprint density at radius 1 is 0.955 bits per heavy atom. The van der Waals surface area contributed by atoms with Gasteiger partial charge in [0.1, 0.15) is 5.75 Å². The average molecular weight is 312 g/mol. The highest BCUT2D eigenvalue weighted by atomic mass is 35.5. The van der Waals surface area contributed by atoms with E-state index in [1.807, 2.05) is 48.5 Å². The molecule has 3 heteroatoms. The van der Waals surface area contributed by atoms with E-state index in [9.17, 15) is 0 Å². The van der Waals surface area contributed by atoms with Crippen molar-refractivity contribution in [2.45, 2.75) is 12.5 Å². The van der Waals surface area contributed by atoms with Crippen LogP contribution in [0.25, 0.3) is 10.8 Å². The van der Waals surface area contributed by atoms with Crippen molar-refractivity contribution >= 4 is 22.4 Å². The summed E-state index contributed by atoms with van der Waals surface area (Å²) in [6.45, 7) is 0.571. The Balaban J connectivity index is 1.65. The summed E-state index contributed by atoms with van der Waals surface area (Å²) in [6.07, 6.45) is 0.740. The molecule has 0 aliphatic carbocycles. The molecule has 0 bridgehead atoms. The van der Waals surface area contributed by atoms with Crippen molar-refractivity contribution in [2.75, 3.05) is 6.61 Å². The van der Waals surface area contributed by atoms with E-state index in [4.69, 9.17) is 22.1 Å². The van der Waals surface area contributed by atoms with Gasteiger partial charge < -0.3 is 10.5 Å². The summed E-state index contributed by atoms with van der Waals surface area (Å²) in [5.41, 5.74) is 7.24. The molecule has 0 radical (unpaired) electrons. The summed E-state index contributed by atoms with van der Waals surface area (Å²) in [6, 6.07) is 21.9. The minimum absolute atomic E-state index is 0.0753. The van der Waals surface area contributed by atoms with Gasteiger partial charge in [-0.2, -0.15) is 0 Å². The zero-order chi connectivity index (χ0) is 15.4. The van der Waals surface area contributed by atoms with Crippen LogP contribution in [-0.4, -0.2) is 6.61 Å². The van der Waals surface area contributed by atoms with Crippen LogP contribution < -0.4 is 10.5 Å². The summed E-state index contributed by atoms with van der Waals surface area (Å²) in [4.78, 5) is 0. The van der Waals surface area contributed by atoms with E-state index < -0.39 is 0 Å². The van der Waals surface area contributed by atoms with Crippen LogP contribution in [0.4, 0.5) is 0 Å². The quantitative estimate of drug-likeness (QED) is 0.722. The highest BCUT2D eigenvalue weighted by Crippen LogP contribution is 2.26. The van der Waals surface area contributed by atoms with Crippen LogP contribution in [0.5, 0.6) is 5.75 Å². The van der Waals surface area contributed by atoms with Crippen LogP contribution in [0.1, 0.15) is 18.0 Å². The highest BCUT2D eigenvalue weighted by Gasteiger charge is 2.07. The lowest BCUT2D eigenvalue weighted by Gasteiger charge is -2.14. The van der Waals surface area contributed by atoms with Crippen molar-refractivity contribution in [1.82, 2.24) is 0 Å². The zero-order valence-electron chi connectivity index (χ0n) is 12.2. The standard InChI is InChI=1S/C19H18ClNO/c20-16-8-3-7-15(13-16)18(21)11-12-22-19-10-4-6-14-5-1-2-9-17(14)19/h1-10,13,18H,11-12,21H2. The monoisotopic (exact) mass is 311 g/mol. The van der Waals surface area contributed by atoms with E-state index in [2.05, 4.69) is 18.2 Å². The molecule has 3 aromatic rings. The van der Waals surface area contributed by atoms with Crippen LogP contribution in [0.2, 0.25) is 5.02 Å². The van der Waals surface area contributed by atoms with Gasteiger partial charge >= 0.3 is 0 Å². The first-order chi connectivity index (χ1) is 10.7. The summed E-state index contributed by atoms with van der Waals surface area (Å²) < 4.78 is 5.93. The van der Waals surface area contributed by atoms with E-state index in [0.29, 0.717) is 11.6 Å². The molecule has 0 spiro atoms. The van der Waals surface area contributed by atoms with E-state index in [1.54, 1.807) is 0 Å². The maximum absolute atomic E-state index is 6.20. The Labute approximate surface area is 135 Å². The average Bonchev–Trinajstić information content (AvgIpc) is 2.55. The fourth-order valence-corrected chi connectivity index (χ4v) is 2.72. The van der Waals surface area contributed by atoms with E-state index in [0.717, 1.165) is 23.1 Å². The van der Waals surface area contributed by atoms with Crippen molar-refractivity contribution in [3.8, 4) is 5.75 Å². The predicted octanol–water partition coefficient (Wildman–Crippen LogP) is 4.96. The third-order valence-corrected chi connectivity index (χ3v) is 3.95. The number of fused-ring (bicyclic) bond motifs is 1. The van der Waals surface area contributed by atoms with E-state index >= 15 is 0 Å². The van der Waals surface area contributed by atoms with Gasteiger partial charge in [0.25, 0.3) is 0 Å². The molecule has 0 saturated carbocycles. The maximum Gasteiger partial charge on any atom is 0.127 e. The van der Waals surface area contributed by atoms with Crippen molar-refractivity contribution < 1.29 is 4.74 Å². The molecule has 22 heavy (non-hydrogen) atoms. The minimum atomic E-state index is -0.0753. The molecule has 2 nitrogen and oxygen atoms in total. The molecular weight excluding hydrogens is 294 g/mol. The summed E-state index contributed by atoms with van der Waals surface area (Å²) in [5, 5.41) is 3.02. The van der Waals surface area contributed by atoms with Gasteiger partial charge in [-0.05, 0) is 29.1 Å². The Bertz CT molecular complexity index is 767. The number of halogens is 1. The molecule has 0 amide bonds. The lowest BCUT2D eigenvalue weighted by Crippen LogP contribution is -2.14. The Hall–Kier alpha value is -2.03. The van der Waals surface area contributed by atoms with Crippen molar-refractivity contribution in [3.05, 3.63) is 77.3 Å². The molecule has 0 aromatic heterocycles. The number of rotatable bonds is 5. The molecule has 2 N–H and O–H groups in total. The molecule has 112 valence electrons. The van der Waals surface area contributed by atoms with Crippen LogP contribution >= 0.6 is 11.6 Å². The van der Waals surface area contributed by atoms with Gasteiger partial charge in [-0.25, -0.2) is 0 Å². The van der Waals surface area contributed by atoms with Crippen molar-refractivity contribution in [3.63, 3.8) is 0 Å². The van der Waals surface area contributed by atoms with Gasteiger partial charge in [0.05, 0.1) is 6.61 Å². The van der Waals surface area contributed by atoms with E-state index in [1.165, 1.54) is 5.39 Å². The number of benzene rings is 3. The Morgan fingerprint density at radius 2 is 1.73 bits per heavy atom. The topological polar surface area (TPSA) is 35.2 Å². The third kappa shape index (κ3) is 3.41. The van der Waals surface area contributed by atoms with Crippen LogP contribution in [-0.2, 0) is 0 Å². The molecule has 0 saturated heterocycles. The van der Waals surface area contributed by atoms with Gasteiger partial charge in [-0.3, -0.25) is 0 Å². The molecule has 0 aliphatic heterocycles. The Kier molecular flexibility index (Phi) is 4.62. The SMILES string of the molecule is NC(CCOc1cccc2ccccc12)c1cccc(Cl)c1. The summed E-state index contributed by atoms with van der Waals surface area (Å²) in [5.74, 6) is 0.899. The van der Waals surface area contributed by atoms with Gasteiger partial charge in [0.15, 0.2) is 0 Å². The number of hydrogen-bond acceptors (Lipinski definition) is 2. The van der Waals surface area contributed by atoms with Crippen LogP contribution in [0.15, 0.2) is 66.7 Å². The molecule has 1 atom stereocenters. The second-order valence-electron chi connectivity index (χ2n) is 5.28. The molecule has 0 fully saturated rings. The second kappa shape index (κ2) is 6.82. The van der Waals surface area contributed by atoms with Gasteiger partial charge in [-0.1, -0.05) is 60.1 Å². The summed E-state index contributed by atoms with van der Waals surface area (Å²) >= 11 is 6.00. The first-order valence-corrected chi connectivity index (χ1v) is 7.73. The maximum atomic E-state index is 6.20. The number of hydrogen-bond donors (Lipinski definition) is 1. The molecule has 0 heterocycles. The zero-order valence-corrected chi connectivity index (χ0v) is 13.0. The van der Waals surface area contributed by atoms with Crippen LogP contribution in [0.3, 0.4) is 0 Å². The molecule has 3 rings (SSSR count). The lowest BCUT2D eigenvalue weighted by atomic mass is 10.1. The predicted molar refractivity (Wildman–Crippen MR) is 92.4 cm³/mol. The Morgan fingerprint density at radius 3 is 2.59 bits per heavy atom. The fourth-order valence-electron chi connectivity index (χ4n) is 2.52. The van der Waals surface area contributed by atoms with Crippen LogP contribution in [0, 0.1) is 0 Å². The van der Waals surface area contributed by atoms with Gasteiger partial charge in [0, 0.05) is 22.9 Å². The lowest BCUT2D eigenvalue weighted by molar-refractivity contribution is 0.302. The molecule has 1 unspecified atom stereocenters. The van der Waals surface area contributed by atoms with Gasteiger partial charge in [-0.15, -0.1) is 0 Å². The van der Waals surface area contributed by atoms with E-state index in [-0.39, 0.29) is 6.04 Å². The third-order valence-electron chi connectivity index (χ3n) is 3.71. The normalized spacial score (nSPS) is 12.3. The first kappa shape index (κ1) is 14.9. The van der Waals surface area contributed by atoms with Gasteiger partial charge in [0.2, 0.25) is 0 Å². The molecular formula is C19H18ClNO. The minimum Gasteiger partial charge on any atom is -0.493 e. The largest absolute Gasteiger partial charge is 0.493 e. The summed E-state index contributed by atoms with van der Waals surface area (Å²) in [7, 11) is 0. The van der Waals surface area contributed by atoms with Crippen molar-refractivity contribution in [2.24, 2.45) is 5.73 Å². The second-order valence-corrected chi connectivity index (χ2v) is 5.71.